The molecular weight excluding hydrogens is 710 g/mol. The molecule has 1 amide bonds. The number of aliphatic hydroxyl groups is 3. The lowest BCUT2D eigenvalue weighted by molar-refractivity contribution is -0.175. The molecule has 290 valence electrons. The monoisotopic (exact) mass is 755 g/mol. The maximum atomic E-state index is 16.3. The number of hydrogen-bond donors (Lipinski definition) is 4. The van der Waals surface area contributed by atoms with Crippen LogP contribution in [0.5, 0.6) is 0 Å². The number of carbonyl (C=O) groups excluding carboxylic acids is 7. The molecule has 9 rings (SSSR count). The van der Waals surface area contributed by atoms with Crippen molar-refractivity contribution in [2.75, 3.05) is 0 Å². The first-order valence-electron chi connectivity index (χ1n) is 19.2. The van der Waals surface area contributed by atoms with Crippen LogP contribution in [0, 0.1) is 51.8 Å². The SMILES string of the molecule is CC1=C[C@H]2C=C(C)[C@@H](C)[C@H]3[C@H](CC(C)C)NC(=O)[C@@]23C(=O)[C@H]2[C@H](C(=O)[C@H](O)CC1)[C@@H]1O[C@H]2[C@]23C(=O)C(=O)C(O)=C(C)[C@]12[C@]1(C)C(=O)[C@@]3(O)C(=O)c2cocc21. The minimum atomic E-state index is -3.33. The summed E-state index contributed by atoms with van der Waals surface area (Å²) in [7, 11) is 0. The molecule has 55 heavy (non-hydrogen) atoms. The van der Waals surface area contributed by atoms with E-state index in [1.54, 1.807) is 0 Å². The largest absolute Gasteiger partial charge is 0.504 e. The number of hydrogen-bond acceptors (Lipinski definition) is 12. The zero-order chi connectivity index (χ0) is 39.9. The van der Waals surface area contributed by atoms with Gasteiger partial charge in [-0.15, -0.1) is 0 Å². The van der Waals surface area contributed by atoms with E-state index in [2.05, 4.69) is 5.32 Å². The summed E-state index contributed by atoms with van der Waals surface area (Å²) in [5.41, 5.74) is -11.4. The Kier molecular flexibility index (Phi) is 7.09. The van der Waals surface area contributed by atoms with Crippen LogP contribution in [-0.2, 0) is 38.9 Å². The summed E-state index contributed by atoms with van der Waals surface area (Å²) in [6, 6.07) is -0.483. The van der Waals surface area contributed by atoms with E-state index >= 15 is 14.4 Å². The van der Waals surface area contributed by atoms with Gasteiger partial charge < -0.3 is 29.8 Å². The number of allylic oxidation sites excluding steroid dienone is 5. The van der Waals surface area contributed by atoms with Gasteiger partial charge in [0.2, 0.25) is 23.1 Å². The predicted octanol–water partition coefficient (Wildman–Crippen LogP) is 2.62. The van der Waals surface area contributed by atoms with Gasteiger partial charge in [-0.1, -0.05) is 44.1 Å². The fourth-order valence-corrected chi connectivity index (χ4v) is 13.6. The molecule has 1 aromatic heterocycles. The molecule has 0 unspecified atom stereocenters. The van der Waals surface area contributed by atoms with E-state index in [-0.39, 0.29) is 41.4 Å². The highest BCUT2D eigenvalue weighted by molar-refractivity contribution is 6.50. The number of carbonyl (C=O) groups is 7. The highest BCUT2D eigenvalue weighted by Gasteiger charge is 2.99. The van der Waals surface area contributed by atoms with Crippen molar-refractivity contribution in [3.63, 3.8) is 0 Å². The van der Waals surface area contributed by atoms with Crippen molar-refractivity contribution in [3.8, 4) is 0 Å². The van der Waals surface area contributed by atoms with Gasteiger partial charge in [0.1, 0.15) is 23.2 Å². The predicted molar refractivity (Wildman–Crippen MR) is 189 cm³/mol. The van der Waals surface area contributed by atoms with E-state index < -0.39 is 122 Å². The molecule has 13 heteroatoms. The third-order valence-corrected chi connectivity index (χ3v) is 15.7. The highest BCUT2D eigenvalue weighted by Crippen LogP contribution is 2.83. The number of amides is 1. The van der Waals surface area contributed by atoms with E-state index in [9.17, 15) is 34.5 Å². The molecule has 13 nitrogen and oxygen atoms in total. The first kappa shape index (κ1) is 36.3. The minimum Gasteiger partial charge on any atom is -0.504 e. The number of aliphatic hydroxyl groups excluding tert-OH is 2. The van der Waals surface area contributed by atoms with Crippen LogP contribution >= 0.6 is 0 Å². The van der Waals surface area contributed by atoms with Crippen LogP contribution < -0.4 is 5.32 Å². The number of Topliss-reactive ketones (excluding diaryl/α,β-unsaturated/α-hetero) is 6. The van der Waals surface area contributed by atoms with Gasteiger partial charge in [0.05, 0.1) is 46.7 Å². The quantitative estimate of drug-likeness (QED) is 0.195. The van der Waals surface area contributed by atoms with Crippen LogP contribution in [0.3, 0.4) is 0 Å². The second kappa shape index (κ2) is 10.7. The smallest absolute Gasteiger partial charge is 0.263 e. The summed E-state index contributed by atoms with van der Waals surface area (Å²) in [5.74, 6) is -13.8. The van der Waals surface area contributed by atoms with E-state index in [4.69, 9.17) is 9.15 Å². The van der Waals surface area contributed by atoms with Crippen LogP contribution in [0.4, 0.5) is 0 Å². The van der Waals surface area contributed by atoms with E-state index in [0.717, 1.165) is 23.7 Å². The molecule has 5 aliphatic carbocycles. The average Bonchev–Trinajstić information content (AvgIpc) is 3.93. The molecule has 4 N–H and O–H groups in total. The van der Waals surface area contributed by atoms with Crippen molar-refractivity contribution < 1.29 is 58.0 Å². The lowest BCUT2D eigenvalue weighted by atomic mass is 9.38. The molecular formula is C42H45NO12. The zero-order valence-corrected chi connectivity index (χ0v) is 31.7. The van der Waals surface area contributed by atoms with Crippen molar-refractivity contribution in [2.24, 2.45) is 51.8 Å². The van der Waals surface area contributed by atoms with Crippen molar-refractivity contribution >= 4 is 40.6 Å². The number of rotatable bonds is 2. The van der Waals surface area contributed by atoms with Crippen molar-refractivity contribution in [1.29, 1.82) is 0 Å². The van der Waals surface area contributed by atoms with Crippen molar-refractivity contribution in [1.82, 2.24) is 5.32 Å². The minimum absolute atomic E-state index is 0.0426. The van der Waals surface area contributed by atoms with E-state index in [1.165, 1.54) is 13.8 Å². The number of nitrogens with one attached hydrogen (secondary N) is 1. The Labute approximate surface area is 316 Å². The van der Waals surface area contributed by atoms with Gasteiger partial charge in [-0.2, -0.15) is 0 Å². The summed E-state index contributed by atoms with van der Waals surface area (Å²) in [6.45, 7) is 12.4. The fraction of sp³-hybridized carbons (Fsp3) is 0.595. The summed E-state index contributed by atoms with van der Waals surface area (Å²) in [5, 5.41) is 39.3. The average molecular weight is 756 g/mol. The molecule has 3 saturated heterocycles. The number of fused-ring (bicyclic) bond motifs is 9. The van der Waals surface area contributed by atoms with Gasteiger partial charge >= 0.3 is 0 Å². The molecule has 14 atom stereocenters. The second-order valence-corrected chi connectivity index (χ2v) is 18.1. The number of ketones is 6. The van der Waals surface area contributed by atoms with Crippen LogP contribution in [0.25, 0.3) is 0 Å². The van der Waals surface area contributed by atoms with Crippen LogP contribution in [-0.4, -0.2) is 85.9 Å². The van der Waals surface area contributed by atoms with E-state index in [1.807, 2.05) is 46.8 Å². The number of ether oxygens (including phenoxy) is 1. The van der Waals surface area contributed by atoms with Crippen molar-refractivity contribution in [2.45, 2.75) is 103 Å². The summed E-state index contributed by atoms with van der Waals surface area (Å²) >= 11 is 0. The number of furan rings is 1. The molecule has 4 fully saturated rings. The highest BCUT2D eigenvalue weighted by atomic mass is 16.5. The zero-order valence-electron chi connectivity index (χ0n) is 31.7. The Morgan fingerprint density at radius 3 is 2.29 bits per heavy atom. The first-order valence-corrected chi connectivity index (χ1v) is 19.2. The molecule has 0 aromatic carbocycles. The topological polar surface area (TPSA) is 215 Å². The Balaban J connectivity index is 1.39. The Morgan fingerprint density at radius 1 is 0.945 bits per heavy atom. The molecule has 1 saturated carbocycles. The van der Waals surface area contributed by atoms with Gasteiger partial charge in [0.15, 0.2) is 23.1 Å². The van der Waals surface area contributed by atoms with Crippen LogP contribution in [0.1, 0.15) is 83.7 Å². The van der Waals surface area contributed by atoms with E-state index in [0.29, 0.717) is 6.42 Å². The molecule has 1 aromatic rings. The Hall–Kier alpha value is -4.33. The summed E-state index contributed by atoms with van der Waals surface area (Å²) < 4.78 is 12.1. The molecule has 1 spiro atoms. The molecule has 0 radical (unpaired) electrons. The van der Waals surface area contributed by atoms with Gasteiger partial charge in [-0.25, -0.2) is 0 Å². The Morgan fingerprint density at radius 2 is 1.62 bits per heavy atom. The lowest BCUT2D eigenvalue weighted by Gasteiger charge is -2.57. The summed E-state index contributed by atoms with van der Waals surface area (Å²) in [6.07, 6.45) is 1.16. The van der Waals surface area contributed by atoms with Gasteiger partial charge in [0.25, 0.3) is 5.78 Å². The standard InChI is InChI=1S/C42H45NO12/c1-15(2)10-23-27-18(5)17(4)12-20-11-16(3)8-9-24(44)29(46)25-26(32(49)39(20,27)37(52)43-23)35-41-33(50)30(47)28(45)19(6)40(41,34(25)55-35)38(7)22-14-54-13-21(22)31(48)42(41,53)36(38)51/h11-15,18,20,23-27,34-35,44-45,53H,8-10H2,1-7H3,(H,43,52)/t18-,20+,23+,24-,25-,26-,27+,34+,35-,38+,39+,40-,41-,42+/m1/s1. The fourth-order valence-electron chi connectivity index (χ4n) is 13.6. The molecule has 4 heterocycles. The third kappa shape index (κ3) is 3.42. The van der Waals surface area contributed by atoms with Gasteiger partial charge in [-0.3, -0.25) is 33.6 Å². The van der Waals surface area contributed by atoms with Crippen LogP contribution in [0.2, 0.25) is 0 Å². The van der Waals surface area contributed by atoms with Gasteiger partial charge in [-0.05, 0) is 64.4 Å². The third-order valence-electron chi connectivity index (χ3n) is 15.7. The molecule has 3 aliphatic heterocycles. The van der Waals surface area contributed by atoms with Crippen LogP contribution in [0.15, 0.2) is 51.6 Å². The Bertz CT molecular complexity index is 2210. The van der Waals surface area contributed by atoms with Gasteiger partial charge in [0, 0.05) is 23.4 Å². The first-order chi connectivity index (χ1) is 25.8. The maximum Gasteiger partial charge on any atom is 0.263 e. The molecule has 4 bridgehead atoms. The maximum absolute atomic E-state index is 16.3. The second-order valence-electron chi connectivity index (χ2n) is 18.1. The lowest BCUT2D eigenvalue weighted by Crippen LogP contribution is -2.74. The van der Waals surface area contributed by atoms with Crippen molar-refractivity contribution in [3.05, 3.63) is 58.3 Å². The molecule has 8 aliphatic rings. The normalized spacial score (nSPS) is 47.1. The summed E-state index contributed by atoms with van der Waals surface area (Å²) in [4.78, 5) is 105.